The average Bonchev–Trinajstić information content (AvgIpc) is 3.19. The van der Waals surface area contributed by atoms with E-state index >= 15 is 0 Å². The number of benzene rings is 2. The second-order valence-electron chi connectivity index (χ2n) is 6.76. The van der Waals surface area contributed by atoms with Crippen molar-refractivity contribution >= 4 is 11.6 Å². The molecule has 0 radical (unpaired) electrons. The molecule has 1 aromatic heterocycles. The fraction of sp³-hybridized carbons (Fsp3) is 0.318. The van der Waals surface area contributed by atoms with Gasteiger partial charge in [0.1, 0.15) is 0 Å². The van der Waals surface area contributed by atoms with Crippen molar-refractivity contribution in [2.24, 2.45) is 0 Å². The first-order valence-electron chi connectivity index (χ1n) is 9.97. The molecule has 8 heteroatoms. The van der Waals surface area contributed by atoms with Crippen LogP contribution in [0, 0.1) is 0 Å². The Labute approximate surface area is 175 Å². The Hall–Kier alpha value is -3.39. The van der Waals surface area contributed by atoms with Gasteiger partial charge in [0.25, 0.3) is 11.8 Å². The SMILES string of the molecule is CCOc1ccc(NC(=O)C[NH+](C)Cc2nc(-c3ccccc3)no2)cc1OCC. The number of amides is 1. The van der Waals surface area contributed by atoms with Gasteiger partial charge in [-0.3, -0.25) is 4.79 Å². The van der Waals surface area contributed by atoms with Crippen molar-refractivity contribution in [1.29, 1.82) is 0 Å². The maximum Gasteiger partial charge on any atom is 0.282 e. The van der Waals surface area contributed by atoms with E-state index in [0.29, 0.717) is 48.7 Å². The van der Waals surface area contributed by atoms with E-state index < -0.39 is 0 Å². The lowest BCUT2D eigenvalue weighted by Crippen LogP contribution is -3.08. The third-order valence-corrected chi connectivity index (χ3v) is 4.24. The standard InChI is InChI=1S/C22H26N4O4/c1-4-28-18-12-11-17(13-19(18)29-5-2)23-20(27)14-26(3)15-21-24-22(25-30-21)16-9-7-6-8-10-16/h6-13H,4-5,14-15H2,1-3H3,(H,23,27)/p+1. The van der Waals surface area contributed by atoms with E-state index in [2.05, 4.69) is 15.5 Å². The highest BCUT2D eigenvalue weighted by Crippen LogP contribution is 2.30. The molecule has 8 nitrogen and oxygen atoms in total. The van der Waals surface area contributed by atoms with Gasteiger partial charge in [0.2, 0.25) is 5.82 Å². The zero-order valence-electron chi connectivity index (χ0n) is 17.5. The molecule has 0 aliphatic carbocycles. The molecule has 2 N–H and O–H groups in total. The van der Waals surface area contributed by atoms with E-state index in [1.54, 1.807) is 18.2 Å². The van der Waals surface area contributed by atoms with Crippen LogP contribution in [-0.4, -0.2) is 42.9 Å². The van der Waals surface area contributed by atoms with Crippen molar-refractivity contribution in [2.75, 3.05) is 32.1 Å². The minimum absolute atomic E-state index is 0.123. The molecule has 0 aliphatic heterocycles. The number of nitrogens with zero attached hydrogens (tertiary/aromatic N) is 2. The normalized spacial score (nSPS) is 11.7. The van der Waals surface area contributed by atoms with E-state index in [4.69, 9.17) is 14.0 Å². The van der Waals surface area contributed by atoms with Crippen LogP contribution in [0.4, 0.5) is 5.69 Å². The van der Waals surface area contributed by atoms with Gasteiger partial charge < -0.3 is 24.2 Å². The van der Waals surface area contributed by atoms with Crippen molar-refractivity contribution in [3.05, 3.63) is 54.4 Å². The Kier molecular flexibility index (Phi) is 7.40. The first-order valence-corrected chi connectivity index (χ1v) is 9.97. The van der Waals surface area contributed by atoms with Crippen LogP contribution in [0.25, 0.3) is 11.4 Å². The number of carbonyl (C=O) groups is 1. The topological polar surface area (TPSA) is 90.9 Å². The molecule has 0 bridgehead atoms. The largest absolute Gasteiger partial charge is 0.490 e. The van der Waals surface area contributed by atoms with E-state index in [-0.39, 0.29) is 12.5 Å². The number of quaternary nitrogens is 1. The lowest BCUT2D eigenvalue weighted by atomic mass is 10.2. The van der Waals surface area contributed by atoms with E-state index in [0.717, 1.165) is 10.5 Å². The molecule has 0 spiro atoms. The maximum atomic E-state index is 12.4. The summed E-state index contributed by atoms with van der Waals surface area (Å²) in [5, 5.41) is 6.91. The van der Waals surface area contributed by atoms with Crippen molar-refractivity contribution in [3.8, 4) is 22.9 Å². The zero-order valence-corrected chi connectivity index (χ0v) is 17.5. The molecule has 3 rings (SSSR count). The third-order valence-electron chi connectivity index (χ3n) is 4.24. The third kappa shape index (κ3) is 5.81. The van der Waals surface area contributed by atoms with Gasteiger partial charge in [-0.05, 0) is 26.0 Å². The molecule has 1 heterocycles. The van der Waals surface area contributed by atoms with Crippen LogP contribution in [0.5, 0.6) is 11.5 Å². The van der Waals surface area contributed by atoms with Crippen LogP contribution in [0.2, 0.25) is 0 Å². The molecule has 1 atom stereocenters. The summed E-state index contributed by atoms with van der Waals surface area (Å²) in [5.74, 6) is 2.17. The molecule has 1 amide bonds. The molecule has 0 saturated heterocycles. The number of aromatic nitrogens is 2. The van der Waals surface area contributed by atoms with Crippen LogP contribution < -0.4 is 19.7 Å². The Morgan fingerprint density at radius 3 is 2.53 bits per heavy atom. The number of nitrogens with one attached hydrogen (secondary N) is 2. The number of rotatable bonds is 10. The summed E-state index contributed by atoms with van der Waals surface area (Å²) in [7, 11) is 1.90. The molecule has 0 aliphatic rings. The molecule has 158 valence electrons. The van der Waals surface area contributed by atoms with Gasteiger partial charge in [-0.2, -0.15) is 4.98 Å². The lowest BCUT2D eigenvalue weighted by molar-refractivity contribution is -0.886. The summed E-state index contributed by atoms with van der Waals surface area (Å²) in [6, 6.07) is 15.0. The average molecular weight is 411 g/mol. The van der Waals surface area contributed by atoms with Crippen LogP contribution in [0.3, 0.4) is 0 Å². The summed E-state index contributed by atoms with van der Waals surface area (Å²) in [4.78, 5) is 17.8. The molecular formula is C22H27N4O4+. The fourth-order valence-electron chi connectivity index (χ4n) is 2.96. The van der Waals surface area contributed by atoms with Crippen LogP contribution in [0.1, 0.15) is 19.7 Å². The first kappa shape index (κ1) is 21.3. The van der Waals surface area contributed by atoms with Gasteiger partial charge in [0.05, 0.1) is 20.3 Å². The number of anilines is 1. The monoisotopic (exact) mass is 411 g/mol. The number of hydrogen-bond acceptors (Lipinski definition) is 6. The summed E-state index contributed by atoms with van der Waals surface area (Å²) in [6.45, 7) is 5.57. The van der Waals surface area contributed by atoms with Gasteiger partial charge in [-0.25, -0.2) is 0 Å². The van der Waals surface area contributed by atoms with E-state index in [9.17, 15) is 4.79 Å². The Morgan fingerprint density at radius 2 is 1.80 bits per heavy atom. The second kappa shape index (κ2) is 10.4. The number of carbonyl (C=O) groups excluding carboxylic acids is 1. The maximum absolute atomic E-state index is 12.4. The van der Waals surface area contributed by atoms with Crippen molar-refractivity contribution in [1.82, 2.24) is 10.1 Å². The fourth-order valence-corrected chi connectivity index (χ4v) is 2.96. The van der Waals surface area contributed by atoms with Gasteiger partial charge in [0.15, 0.2) is 24.6 Å². The molecule has 0 saturated carbocycles. The van der Waals surface area contributed by atoms with Gasteiger partial charge in [-0.15, -0.1) is 0 Å². The summed E-state index contributed by atoms with van der Waals surface area (Å²) >= 11 is 0. The van der Waals surface area contributed by atoms with Crippen LogP contribution in [-0.2, 0) is 11.3 Å². The molecular weight excluding hydrogens is 384 g/mol. The zero-order chi connectivity index (χ0) is 21.3. The minimum Gasteiger partial charge on any atom is -0.490 e. The molecule has 30 heavy (non-hydrogen) atoms. The summed E-state index contributed by atoms with van der Waals surface area (Å²) in [6.07, 6.45) is 0. The number of hydrogen-bond donors (Lipinski definition) is 2. The van der Waals surface area contributed by atoms with Crippen molar-refractivity contribution in [2.45, 2.75) is 20.4 Å². The second-order valence-corrected chi connectivity index (χ2v) is 6.76. The Bertz CT molecular complexity index is 959. The van der Waals surface area contributed by atoms with Gasteiger partial charge in [0, 0.05) is 17.3 Å². The smallest absolute Gasteiger partial charge is 0.282 e. The Morgan fingerprint density at radius 1 is 1.07 bits per heavy atom. The van der Waals surface area contributed by atoms with Crippen LogP contribution >= 0.6 is 0 Å². The highest BCUT2D eigenvalue weighted by atomic mass is 16.5. The highest BCUT2D eigenvalue weighted by molar-refractivity contribution is 5.91. The van der Waals surface area contributed by atoms with Gasteiger partial charge in [-0.1, -0.05) is 35.5 Å². The van der Waals surface area contributed by atoms with E-state index in [1.807, 2.05) is 51.2 Å². The van der Waals surface area contributed by atoms with Crippen molar-refractivity contribution in [3.63, 3.8) is 0 Å². The number of likely N-dealkylation sites (N-methyl/N-ethyl adjacent to an activating group) is 1. The first-order chi connectivity index (χ1) is 14.6. The molecule has 3 aromatic rings. The molecule has 2 aromatic carbocycles. The van der Waals surface area contributed by atoms with E-state index in [1.165, 1.54) is 0 Å². The molecule has 0 fully saturated rings. The summed E-state index contributed by atoms with van der Waals surface area (Å²) in [5.41, 5.74) is 1.55. The Balaban J connectivity index is 1.56. The molecule has 1 unspecified atom stereocenters. The lowest BCUT2D eigenvalue weighted by Gasteiger charge is -2.14. The highest BCUT2D eigenvalue weighted by Gasteiger charge is 2.16. The predicted molar refractivity (Wildman–Crippen MR) is 113 cm³/mol. The van der Waals surface area contributed by atoms with Gasteiger partial charge >= 0.3 is 0 Å². The van der Waals surface area contributed by atoms with Crippen LogP contribution in [0.15, 0.2) is 53.1 Å². The predicted octanol–water partition coefficient (Wildman–Crippen LogP) is 2.19. The quantitative estimate of drug-likeness (QED) is 0.532. The summed E-state index contributed by atoms with van der Waals surface area (Å²) < 4.78 is 16.5. The minimum atomic E-state index is -0.123. The van der Waals surface area contributed by atoms with Crippen molar-refractivity contribution < 1.29 is 23.7 Å². The number of ether oxygens (including phenoxy) is 2.